The van der Waals surface area contributed by atoms with Crippen molar-refractivity contribution in [3.63, 3.8) is 0 Å². The van der Waals surface area contributed by atoms with Gasteiger partial charge in [-0.3, -0.25) is 14.6 Å². The summed E-state index contributed by atoms with van der Waals surface area (Å²) in [4.78, 5) is 31.1. The molecule has 2 amide bonds. The van der Waals surface area contributed by atoms with Crippen LogP contribution in [0.5, 0.6) is 0 Å². The Kier molecular flexibility index (Phi) is 5.10. The van der Waals surface area contributed by atoms with E-state index in [0.29, 0.717) is 18.5 Å². The molecule has 1 N–H and O–H groups in total. The zero-order chi connectivity index (χ0) is 17.6. The summed E-state index contributed by atoms with van der Waals surface area (Å²) in [6, 6.07) is 12.5. The molecule has 1 aliphatic heterocycles. The van der Waals surface area contributed by atoms with E-state index in [2.05, 4.69) is 16.2 Å². The number of carbonyl (C=O) groups excluding carboxylic acids is 2. The van der Waals surface area contributed by atoms with Crippen LogP contribution in [0, 0.1) is 12.3 Å². The quantitative estimate of drug-likeness (QED) is 0.872. The Hall–Kier alpha value is -3.13. The van der Waals surface area contributed by atoms with Crippen molar-refractivity contribution in [2.24, 2.45) is 0 Å². The van der Waals surface area contributed by atoms with E-state index >= 15 is 0 Å². The Morgan fingerprint density at radius 3 is 2.92 bits per heavy atom. The molecule has 1 aliphatic rings. The fourth-order valence-corrected chi connectivity index (χ4v) is 3.05. The Morgan fingerprint density at radius 1 is 1.28 bits per heavy atom. The summed E-state index contributed by atoms with van der Waals surface area (Å²) in [5.41, 5.74) is 2.24. The summed E-state index contributed by atoms with van der Waals surface area (Å²) in [6.07, 6.45) is 8.36. The molecule has 0 aliphatic carbocycles. The second kappa shape index (κ2) is 7.63. The number of benzene rings is 1. The van der Waals surface area contributed by atoms with E-state index in [1.807, 2.05) is 36.4 Å². The fourth-order valence-electron chi connectivity index (χ4n) is 3.05. The maximum atomic E-state index is 12.9. The number of nitrogens with zero attached hydrogens (tertiary/aromatic N) is 2. The SMILES string of the molecule is C#CCNC(=O)C1CCCN1C(=O)c1cccc(-c2ccccn2)c1. The predicted molar refractivity (Wildman–Crippen MR) is 95.6 cm³/mol. The molecular weight excluding hydrogens is 314 g/mol. The highest BCUT2D eigenvalue weighted by Crippen LogP contribution is 2.23. The van der Waals surface area contributed by atoms with E-state index < -0.39 is 6.04 Å². The molecule has 0 saturated carbocycles. The van der Waals surface area contributed by atoms with E-state index in [4.69, 9.17) is 6.42 Å². The van der Waals surface area contributed by atoms with Crippen LogP contribution in [0.4, 0.5) is 0 Å². The number of likely N-dealkylation sites (tertiary alicyclic amines) is 1. The Bertz CT molecular complexity index is 811. The number of aromatic nitrogens is 1. The van der Waals surface area contributed by atoms with Gasteiger partial charge in [-0.1, -0.05) is 24.1 Å². The lowest BCUT2D eigenvalue weighted by Crippen LogP contribution is -2.46. The van der Waals surface area contributed by atoms with Crippen LogP contribution in [0.1, 0.15) is 23.2 Å². The molecule has 25 heavy (non-hydrogen) atoms. The lowest BCUT2D eigenvalue weighted by Gasteiger charge is -2.24. The van der Waals surface area contributed by atoms with Crippen molar-refractivity contribution in [3.05, 3.63) is 54.2 Å². The number of hydrogen-bond acceptors (Lipinski definition) is 3. The molecule has 0 bridgehead atoms. The van der Waals surface area contributed by atoms with Gasteiger partial charge in [0.05, 0.1) is 12.2 Å². The van der Waals surface area contributed by atoms with Crippen molar-refractivity contribution in [3.8, 4) is 23.6 Å². The van der Waals surface area contributed by atoms with E-state index in [1.54, 1.807) is 17.2 Å². The molecule has 3 rings (SSSR count). The monoisotopic (exact) mass is 333 g/mol. The average molecular weight is 333 g/mol. The van der Waals surface area contributed by atoms with Crippen molar-refractivity contribution in [1.29, 1.82) is 0 Å². The van der Waals surface area contributed by atoms with Gasteiger partial charge in [0.25, 0.3) is 5.91 Å². The van der Waals surface area contributed by atoms with Gasteiger partial charge in [-0.25, -0.2) is 0 Å². The molecular formula is C20H19N3O2. The van der Waals surface area contributed by atoms with Gasteiger partial charge in [-0.15, -0.1) is 6.42 Å². The van der Waals surface area contributed by atoms with Crippen LogP contribution in [0.25, 0.3) is 11.3 Å². The zero-order valence-electron chi connectivity index (χ0n) is 13.8. The third-order valence-corrected chi connectivity index (χ3v) is 4.25. The highest BCUT2D eigenvalue weighted by molar-refractivity contribution is 5.98. The normalized spacial score (nSPS) is 16.3. The van der Waals surface area contributed by atoms with Crippen LogP contribution >= 0.6 is 0 Å². The van der Waals surface area contributed by atoms with Gasteiger partial charge in [-0.05, 0) is 37.1 Å². The van der Waals surface area contributed by atoms with Crippen LogP contribution in [-0.2, 0) is 4.79 Å². The van der Waals surface area contributed by atoms with Crippen LogP contribution in [0.15, 0.2) is 48.7 Å². The molecule has 5 heteroatoms. The number of pyridine rings is 1. The Labute approximate surface area is 147 Å². The highest BCUT2D eigenvalue weighted by atomic mass is 16.2. The standard InChI is InChI=1S/C20H19N3O2/c1-2-11-22-19(24)18-10-6-13-23(18)20(25)16-8-5-7-15(14-16)17-9-3-4-12-21-17/h1,3-5,7-9,12,14,18H,6,10-11,13H2,(H,22,24). The largest absolute Gasteiger partial charge is 0.343 e. The lowest BCUT2D eigenvalue weighted by molar-refractivity contribution is -0.124. The van der Waals surface area contributed by atoms with Gasteiger partial charge in [0.15, 0.2) is 0 Å². The van der Waals surface area contributed by atoms with E-state index in [-0.39, 0.29) is 18.4 Å². The van der Waals surface area contributed by atoms with E-state index in [0.717, 1.165) is 17.7 Å². The summed E-state index contributed by atoms with van der Waals surface area (Å²) in [5.74, 6) is 2.05. The van der Waals surface area contributed by atoms with Crippen molar-refractivity contribution in [2.75, 3.05) is 13.1 Å². The van der Waals surface area contributed by atoms with Gasteiger partial charge in [0.1, 0.15) is 6.04 Å². The smallest absolute Gasteiger partial charge is 0.254 e. The minimum atomic E-state index is -0.459. The third kappa shape index (κ3) is 3.69. The first kappa shape index (κ1) is 16.7. The molecule has 2 aromatic rings. The summed E-state index contributed by atoms with van der Waals surface area (Å²) < 4.78 is 0. The lowest BCUT2D eigenvalue weighted by atomic mass is 10.1. The molecule has 1 aromatic heterocycles. The number of nitrogens with one attached hydrogen (secondary N) is 1. The first-order valence-electron chi connectivity index (χ1n) is 8.24. The first-order valence-corrected chi connectivity index (χ1v) is 8.24. The van der Waals surface area contributed by atoms with Gasteiger partial charge in [0.2, 0.25) is 5.91 Å². The molecule has 1 aromatic carbocycles. The maximum absolute atomic E-state index is 12.9. The summed E-state index contributed by atoms with van der Waals surface area (Å²) in [7, 11) is 0. The van der Waals surface area contributed by atoms with E-state index in [9.17, 15) is 9.59 Å². The number of rotatable bonds is 4. The molecule has 0 radical (unpaired) electrons. The zero-order valence-corrected chi connectivity index (χ0v) is 13.8. The molecule has 1 saturated heterocycles. The minimum absolute atomic E-state index is 0.142. The van der Waals surface area contributed by atoms with Crippen molar-refractivity contribution < 1.29 is 9.59 Å². The molecule has 126 valence electrons. The Balaban J connectivity index is 1.81. The van der Waals surface area contributed by atoms with Crippen LogP contribution in [0.2, 0.25) is 0 Å². The molecule has 1 fully saturated rings. The Morgan fingerprint density at radius 2 is 2.16 bits per heavy atom. The average Bonchev–Trinajstić information content (AvgIpc) is 3.16. The predicted octanol–water partition coefficient (Wildman–Crippen LogP) is 2.10. The van der Waals surface area contributed by atoms with Crippen molar-refractivity contribution >= 4 is 11.8 Å². The highest BCUT2D eigenvalue weighted by Gasteiger charge is 2.34. The minimum Gasteiger partial charge on any atom is -0.343 e. The van der Waals surface area contributed by atoms with Crippen LogP contribution < -0.4 is 5.32 Å². The first-order chi connectivity index (χ1) is 12.2. The topological polar surface area (TPSA) is 62.3 Å². The van der Waals surface area contributed by atoms with Gasteiger partial charge < -0.3 is 10.2 Å². The molecule has 5 nitrogen and oxygen atoms in total. The second-order valence-electron chi connectivity index (χ2n) is 5.87. The molecule has 0 spiro atoms. The number of terminal acetylenes is 1. The second-order valence-corrected chi connectivity index (χ2v) is 5.87. The summed E-state index contributed by atoms with van der Waals surface area (Å²) in [5, 5.41) is 2.67. The summed E-state index contributed by atoms with van der Waals surface area (Å²) in [6.45, 7) is 0.743. The third-order valence-electron chi connectivity index (χ3n) is 4.25. The fraction of sp³-hybridized carbons (Fsp3) is 0.250. The van der Waals surface area contributed by atoms with Gasteiger partial charge in [0, 0.05) is 23.9 Å². The number of amides is 2. The van der Waals surface area contributed by atoms with Crippen molar-refractivity contribution in [1.82, 2.24) is 15.2 Å². The summed E-state index contributed by atoms with van der Waals surface area (Å²) >= 11 is 0. The van der Waals surface area contributed by atoms with Gasteiger partial charge >= 0.3 is 0 Å². The maximum Gasteiger partial charge on any atom is 0.254 e. The van der Waals surface area contributed by atoms with E-state index in [1.165, 1.54) is 0 Å². The molecule has 1 atom stereocenters. The van der Waals surface area contributed by atoms with Crippen molar-refractivity contribution in [2.45, 2.75) is 18.9 Å². The van der Waals surface area contributed by atoms with Gasteiger partial charge in [-0.2, -0.15) is 0 Å². The van der Waals surface area contributed by atoms with Crippen LogP contribution in [-0.4, -0.2) is 40.8 Å². The number of carbonyl (C=O) groups is 2. The van der Waals surface area contributed by atoms with Crippen LogP contribution in [0.3, 0.4) is 0 Å². The molecule has 2 heterocycles. The molecule has 1 unspecified atom stereocenters. The number of hydrogen-bond donors (Lipinski definition) is 1.